The van der Waals surface area contributed by atoms with Crippen LogP contribution in [0.2, 0.25) is 0 Å². The SMILES string of the molecule is CCCCCCCCCCCCCn1cc[n+](CCCCCCCCCCCC)c1CCCCCCCCC. The Morgan fingerprint density at radius 1 is 0.436 bits per heavy atom. The third-order valence-corrected chi connectivity index (χ3v) is 8.85. The molecule has 0 fully saturated rings. The molecule has 0 N–H and O–H groups in total. The summed E-state index contributed by atoms with van der Waals surface area (Å²) in [7, 11) is 0. The Hall–Kier alpha value is -0.790. The molecule has 230 valence electrons. The predicted octanol–water partition coefficient (Wildman–Crippen LogP) is 12.3. The maximum absolute atomic E-state index is 2.63. The predicted molar refractivity (Wildman–Crippen MR) is 175 cm³/mol. The van der Waals surface area contributed by atoms with Crippen molar-refractivity contribution in [2.45, 2.75) is 220 Å². The lowest BCUT2D eigenvalue weighted by Gasteiger charge is -2.07. The van der Waals surface area contributed by atoms with E-state index in [4.69, 9.17) is 0 Å². The highest BCUT2D eigenvalue weighted by atomic mass is 15.1. The molecule has 0 aliphatic heterocycles. The highest BCUT2D eigenvalue weighted by Gasteiger charge is 2.16. The van der Waals surface area contributed by atoms with Crippen molar-refractivity contribution in [3.8, 4) is 0 Å². The minimum absolute atomic E-state index is 1.23. The van der Waals surface area contributed by atoms with Crippen molar-refractivity contribution >= 4 is 0 Å². The van der Waals surface area contributed by atoms with E-state index in [2.05, 4.69) is 42.3 Å². The zero-order valence-electron chi connectivity index (χ0n) is 27.5. The van der Waals surface area contributed by atoms with E-state index in [0.29, 0.717) is 0 Å². The van der Waals surface area contributed by atoms with Crippen LogP contribution in [0.3, 0.4) is 0 Å². The Bertz CT molecular complexity index is 605. The summed E-state index contributed by atoms with van der Waals surface area (Å²) in [6, 6.07) is 0. The summed E-state index contributed by atoms with van der Waals surface area (Å²) in [6.45, 7) is 9.40. The van der Waals surface area contributed by atoms with Crippen LogP contribution in [0.4, 0.5) is 0 Å². The fourth-order valence-corrected chi connectivity index (χ4v) is 6.15. The standard InChI is InChI=1S/C37H73N2/c1-4-7-10-13-16-18-20-22-25-28-31-34-39-36-35-38(37(39)32-29-26-23-15-12-9-6-3)33-30-27-24-21-19-17-14-11-8-5-2/h35-36H,4-34H2,1-3H3/q+1. The molecule has 1 heterocycles. The topological polar surface area (TPSA) is 8.81 Å². The fourth-order valence-electron chi connectivity index (χ4n) is 6.15. The molecule has 0 saturated heterocycles. The zero-order chi connectivity index (χ0) is 28.1. The fraction of sp³-hybridized carbons (Fsp3) is 0.919. The van der Waals surface area contributed by atoms with Gasteiger partial charge in [0, 0.05) is 6.42 Å². The molecule has 0 saturated carbocycles. The molecule has 0 spiro atoms. The lowest BCUT2D eigenvalue weighted by Crippen LogP contribution is -2.37. The van der Waals surface area contributed by atoms with Crippen LogP contribution in [0, 0.1) is 0 Å². The highest BCUT2D eigenvalue weighted by molar-refractivity contribution is 4.84. The molecule has 0 aromatic carbocycles. The molecule has 2 nitrogen and oxygen atoms in total. The smallest absolute Gasteiger partial charge is 0.234 e. The monoisotopic (exact) mass is 546 g/mol. The summed E-state index contributed by atoms with van der Waals surface area (Å²) >= 11 is 0. The lowest BCUT2D eigenvalue weighted by molar-refractivity contribution is -0.704. The van der Waals surface area contributed by atoms with Gasteiger partial charge in [-0.05, 0) is 32.1 Å². The van der Waals surface area contributed by atoms with E-state index in [1.54, 1.807) is 5.82 Å². The van der Waals surface area contributed by atoms with Gasteiger partial charge in [-0.3, -0.25) is 0 Å². The average Bonchev–Trinajstić information content (AvgIpc) is 3.33. The molecule has 0 aliphatic rings. The normalized spacial score (nSPS) is 11.6. The molecule has 0 atom stereocenters. The first kappa shape index (κ1) is 36.2. The Morgan fingerprint density at radius 3 is 1.23 bits per heavy atom. The maximum atomic E-state index is 2.63. The van der Waals surface area contributed by atoms with Gasteiger partial charge in [-0.25, -0.2) is 9.13 Å². The Balaban J connectivity index is 2.31. The van der Waals surface area contributed by atoms with Gasteiger partial charge in [-0.15, -0.1) is 0 Å². The number of hydrogen-bond donors (Lipinski definition) is 0. The quantitative estimate of drug-likeness (QED) is 0.0648. The van der Waals surface area contributed by atoms with Crippen molar-refractivity contribution in [2.24, 2.45) is 0 Å². The molecular weight excluding hydrogens is 472 g/mol. The molecule has 1 aromatic rings. The van der Waals surface area contributed by atoms with Gasteiger partial charge in [0.25, 0.3) is 5.82 Å². The molecule has 1 rings (SSSR count). The summed E-state index contributed by atoms with van der Waals surface area (Å²) < 4.78 is 5.25. The van der Waals surface area contributed by atoms with Gasteiger partial charge >= 0.3 is 0 Å². The number of nitrogens with zero attached hydrogens (tertiary/aromatic N) is 2. The average molecular weight is 546 g/mol. The Labute approximate surface area is 247 Å². The van der Waals surface area contributed by atoms with Crippen molar-refractivity contribution in [3.05, 3.63) is 18.2 Å². The van der Waals surface area contributed by atoms with Gasteiger partial charge in [0.15, 0.2) is 0 Å². The van der Waals surface area contributed by atoms with Crippen LogP contribution in [0.25, 0.3) is 0 Å². The van der Waals surface area contributed by atoms with Crippen molar-refractivity contribution in [3.63, 3.8) is 0 Å². The van der Waals surface area contributed by atoms with Crippen LogP contribution in [0.5, 0.6) is 0 Å². The van der Waals surface area contributed by atoms with Gasteiger partial charge in [-0.2, -0.15) is 0 Å². The zero-order valence-corrected chi connectivity index (χ0v) is 27.5. The number of imidazole rings is 1. The van der Waals surface area contributed by atoms with Crippen molar-refractivity contribution in [1.29, 1.82) is 0 Å². The van der Waals surface area contributed by atoms with Crippen molar-refractivity contribution < 1.29 is 4.57 Å². The first-order valence-corrected chi connectivity index (χ1v) is 18.4. The van der Waals surface area contributed by atoms with Gasteiger partial charge < -0.3 is 0 Å². The summed E-state index contributed by atoms with van der Waals surface area (Å²) in [4.78, 5) is 0. The van der Waals surface area contributed by atoms with Crippen LogP contribution < -0.4 is 4.57 Å². The molecule has 39 heavy (non-hydrogen) atoms. The molecule has 2 heteroatoms. The van der Waals surface area contributed by atoms with E-state index >= 15 is 0 Å². The van der Waals surface area contributed by atoms with Crippen LogP contribution in [-0.2, 0) is 19.5 Å². The number of hydrogen-bond acceptors (Lipinski definition) is 0. The summed E-state index contributed by atoms with van der Waals surface area (Å²) in [5.41, 5.74) is 0. The summed E-state index contributed by atoms with van der Waals surface area (Å²) in [5, 5.41) is 0. The maximum Gasteiger partial charge on any atom is 0.256 e. The Kier molecular flexibility index (Phi) is 26.7. The minimum Gasteiger partial charge on any atom is -0.234 e. The minimum atomic E-state index is 1.23. The number of aromatic nitrogens is 2. The summed E-state index contributed by atoms with van der Waals surface area (Å²) in [5.74, 6) is 1.62. The molecule has 0 bridgehead atoms. The van der Waals surface area contributed by atoms with Crippen molar-refractivity contribution in [1.82, 2.24) is 4.57 Å². The van der Waals surface area contributed by atoms with Gasteiger partial charge in [0.05, 0.1) is 13.1 Å². The van der Waals surface area contributed by atoms with Gasteiger partial charge in [-0.1, -0.05) is 168 Å². The molecule has 0 radical (unpaired) electrons. The first-order chi connectivity index (χ1) is 19.3. The highest BCUT2D eigenvalue weighted by Crippen LogP contribution is 2.14. The number of rotatable bonds is 31. The molecule has 1 aromatic heterocycles. The van der Waals surface area contributed by atoms with E-state index in [0.717, 1.165) is 0 Å². The van der Waals surface area contributed by atoms with E-state index in [-0.39, 0.29) is 0 Å². The van der Waals surface area contributed by atoms with E-state index < -0.39 is 0 Å². The van der Waals surface area contributed by atoms with Gasteiger partial charge in [0.1, 0.15) is 12.4 Å². The number of unbranched alkanes of at least 4 members (excludes halogenated alkanes) is 25. The largest absolute Gasteiger partial charge is 0.256 e. The third kappa shape index (κ3) is 21.6. The Morgan fingerprint density at radius 2 is 0.795 bits per heavy atom. The molecule has 0 aliphatic carbocycles. The van der Waals surface area contributed by atoms with Crippen LogP contribution in [0.15, 0.2) is 12.4 Å². The van der Waals surface area contributed by atoms with Gasteiger partial charge in [0.2, 0.25) is 0 Å². The van der Waals surface area contributed by atoms with E-state index in [1.165, 1.54) is 199 Å². The van der Waals surface area contributed by atoms with Crippen LogP contribution >= 0.6 is 0 Å². The third-order valence-electron chi connectivity index (χ3n) is 8.85. The first-order valence-electron chi connectivity index (χ1n) is 18.4. The second-order valence-corrected chi connectivity index (χ2v) is 12.7. The molecular formula is C37H73N2+. The van der Waals surface area contributed by atoms with Crippen LogP contribution in [-0.4, -0.2) is 4.57 Å². The second-order valence-electron chi connectivity index (χ2n) is 12.7. The number of aryl methyl sites for hydroxylation is 2. The lowest BCUT2D eigenvalue weighted by atomic mass is 10.1. The molecule has 0 amide bonds. The molecule has 0 unspecified atom stereocenters. The van der Waals surface area contributed by atoms with E-state index in [9.17, 15) is 0 Å². The van der Waals surface area contributed by atoms with Crippen molar-refractivity contribution in [2.75, 3.05) is 0 Å². The second kappa shape index (κ2) is 28.7. The summed E-state index contributed by atoms with van der Waals surface area (Å²) in [6.07, 6.45) is 45.9. The van der Waals surface area contributed by atoms with E-state index in [1.807, 2.05) is 0 Å². The van der Waals surface area contributed by atoms with Crippen LogP contribution in [0.1, 0.15) is 206 Å².